The van der Waals surface area contributed by atoms with Crippen LogP contribution in [0, 0.1) is 11.8 Å². The first kappa shape index (κ1) is 89.0. The number of hydrogen-bond acceptors (Lipinski definition) is 25. The summed E-state index contributed by atoms with van der Waals surface area (Å²) in [5.41, 5.74) is 3.76. The number of para-hydroxylation sites is 1. The first-order valence-corrected chi connectivity index (χ1v) is 44.7. The van der Waals surface area contributed by atoms with Gasteiger partial charge in [-0.25, -0.2) is 23.3 Å². The number of aromatic amines is 1. The Kier molecular flexibility index (Phi) is 35.9. The van der Waals surface area contributed by atoms with Crippen molar-refractivity contribution in [3.8, 4) is 11.8 Å². The molecule has 0 saturated carbocycles. The van der Waals surface area contributed by atoms with Crippen LogP contribution in [0.1, 0.15) is 136 Å². The summed E-state index contributed by atoms with van der Waals surface area (Å²) in [7, 11) is -15.6. The van der Waals surface area contributed by atoms with Gasteiger partial charge in [0, 0.05) is 97.4 Å². The fraction of sp³-hybridized carbons (Fsp3) is 0.576. The molecule has 5 atom stereocenters. The zero-order chi connectivity index (χ0) is 77.1. The van der Waals surface area contributed by atoms with Gasteiger partial charge in [0.25, 0.3) is 15.7 Å². The molecular weight excluding hydrogens is 1530 g/mol. The normalized spacial score (nSPS) is 18.6. The fourth-order valence-corrected chi connectivity index (χ4v) is 17.9. The molecule has 4 heterocycles. The van der Waals surface area contributed by atoms with Crippen LogP contribution in [0.25, 0.3) is 0 Å². The molecule has 0 bridgehead atoms. The van der Waals surface area contributed by atoms with Gasteiger partial charge >= 0.3 is 41.2 Å². The molecule has 8 N–H and O–H groups in total. The minimum Gasteiger partial charge on any atom is -0.466 e. The molecule has 3 aliphatic rings. The number of likely N-dealkylation sites (N-methyl/N-ethyl adjacent to an activating group) is 1. The SMILES string of the molecule is CCN1\C(=C/C=C/C=C/C2=[N+](CCCCCC(=O)NCCOCCOCCNC(=O)OCCC(C)(C)SSCOCCCCOC(=O)CCC#Cc3cn([C@H]4C[C@H](OCSSC)[C@@H](COP(=O)(O)OP(=O)(O)OP(=O)(O)O)O4)c(=O)[nH]c3=O)c3ccc(S(=O)(=O)O)cc3C2(C)C)C(C)(C)c2ccccc21. The predicted octanol–water partition coefficient (Wildman–Crippen LogP) is 10.1. The molecule has 105 heavy (non-hydrogen) atoms. The number of esters is 1. The van der Waals surface area contributed by atoms with Crippen molar-refractivity contribution in [2.24, 2.45) is 0 Å². The number of nitrogens with zero attached hydrogens (tertiary/aromatic N) is 3. The fourth-order valence-electron chi connectivity index (χ4n) is 11.3. The van der Waals surface area contributed by atoms with Gasteiger partial charge in [-0.2, -0.15) is 21.6 Å². The number of amides is 2. The number of benzene rings is 2. The van der Waals surface area contributed by atoms with E-state index in [4.69, 9.17) is 47.5 Å². The number of unbranched alkanes of at least 4 members (excludes halogenated alkanes) is 3. The second-order valence-electron chi connectivity index (χ2n) is 25.5. The number of fused-ring (bicyclic) bond motifs is 2. The van der Waals surface area contributed by atoms with Crippen molar-refractivity contribution in [2.45, 2.75) is 152 Å². The van der Waals surface area contributed by atoms with Crippen molar-refractivity contribution in [1.82, 2.24) is 20.2 Å². The molecule has 3 aliphatic heterocycles. The summed E-state index contributed by atoms with van der Waals surface area (Å²) in [6.45, 7) is 17.9. The average Bonchev–Trinajstić information content (AvgIpc) is 1.64. The first-order valence-electron chi connectivity index (χ1n) is 33.7. The third-order valence-corrected chi connectivity index (χ3v) is 25.6. The smallest absolute Gasteiger partial charge is 0.466 e. The number of allylic oxidation sites excluding steroid dienone is 6. The second-order valence-corrected chi connectivity index (χ2v) is 36.8. The molecule has 31 nitrogen and oxygen atoms in total. The third-order valence-electron chi connectivity index (χ3n) is 16.4. The number of phosphoric acid groups is 3. The van der Waals surface area contributed by atoms with Crippen LogP contribution in [0.2, 0.25) is 0 Å². The minimum absolute atomic E-state index is 0.00638. The van der Waals surface area contributed by atoms with E-state index in [1.165, 1.54) is 55.4 Å². The van der Waals surface area contributed by atoms with E-state index in [-0.39, 0.29) is 78.1 Å². The maximum absolute atomic E-state index is 12.9. The number of carbonyl (C=O) groups is 3. The number of H-pyrrole nitrogens is 1. The number of aromatic nitrogens is 2. The summed E-state index contributed by atoms with van der Waals surface area (Å²) in [4.78, 5) is 104. The Morgan fingerprint density at radius 1 is 0.819 bits per heavy atom. The number of ether oxygens (including phenoxy) is 7. The van der Waals surface area contributed by atoms with Gasteiger partial charge in [0.05, 0.1) is 69.1 Å². The highest BCUT2D eigenvalue weighted by atomic mass is 33.1. The zero-order valence-corrected chi connectivity index (χ0v) is 66.6. The largest absolute Gasteiger partial charge is 0.490 e. The Balaban J connectivity index is 0.758. The van der Waals surface area contributed by atoms with Crippen molar-refractivity contribution in [3.63, 3.8) is 0 Å². The summed E-state index contributed by atoms with van der Waals surface area (Å²) in [6.07, 6.45) is 13.5. The Bertz CT molecular complexity index is 4020. The monoisotopic (exact) mass is 1630 g/mol. The highest BCUT2D eigenvalue weighted by Gasteiger charge is 2.46. The summed E-state index contributed by atoms with van der Waals surface area (Å²) in [5.74, 6) is 5.21. The summed E-state index contributed by atoms with van der Waals surface area (Å²) >= 11 is 0. The summed E-state index contributed by atoms with van der Waals surface area (Å²) < 4.78 is 124. The Morgan fingerprint density at radius 2 is 1.54 bits per heavy atom. The molecule has 3 aromatic rings. The number of hydrogen-bond donors (Lipinski definition) is 8. The molecular formula is C66H96N6O25P3S5+. The number of rotatable bonds is 46. The molecule has 2 amide bonds. The Labute approximate surface area is 627 Å². The molecule has 1 aromatic heterocycles. The maximum atomic E-state index is 12.9. The van der Waals surface area contributed by atoms with E-state index in [0.717, 1.165) is 47.1 Å². The van der Waals surface area contributed by atoms with Crippen LogP contribution in [0.15, 0.2) is 99.2 Å². The van der Waals surface area contributed by atoms with Crippen LogP contribution >= 0.6 is 66.6 Å². The quantitative estimate of drug-likeness (QED) is 0.00300. The minimum atomic E-state index is -5.79. The molecule has 1 fully saturated rings. The van der Waals surface area contributed by atoms with E-state index in [1.807, 2.05) is 39.8 Å². The lowest BCUT2D eigenvalue weighted by atomic mass is 9.81. The van der Waals surface area contributed by atoms with Gasteiger partial charge in [0.1, 0.15) is 36.3 Å². The molecule has 2 unspecified atom stereocenters. The van der Waals surface area contributed by atoms with Gasteiger partial charge < -0.3 is 68.3 Å². The van der Waals surface area contributed by atoms with Crippen molar-refractivity contribution in [1.29, 1.82) is 0 Å². The van der Waals surface area contributed by atoms with Crippen LogP contribution in [-0.2, 0) is 90.5 Å². The average molecular weight is 1630 g/mol. The van der Waals surface area contributed by atoms with Crippen LogP contribution < -0.4 is 26.8 Å². The Morgan fingerprint density at radius 3 is 2.26 bits per heavy atom. The standard InChI is InChI=1S/C66H95N6O25P3S5/c1-9-70-52-24-17-16-23-50(52)65(4,5)56(70)25-12-10-13-26-57-66(6,7)51-42-49(105(85,86)87)29-30-53(51)71(57)34-19-11-14-27-58(73)67-32-38-88-40-41-89-39-33-68-63(77)92-37-31-64(2,3)104-103-46-90-35-20-21-36-91-60(74)28-18-15-22-48-44-72(62(76)69-61(48)75)59-43-54(93-47-102-101-8)55(95-59)45-94-99(81,82)97-100(83,84)96-98(78,79)80/h10,12-13,16-17,23-26,29-30,42,44,54-55,59H,9,11,14,18-21,27-28,31-41,43,45-47H2,1-8H3,(H7-,67,68,69,73,75,76,77,78,79,80,81,82,83,84,85,86,87)/p+1/t54-,55+,59+/m0/s1. The number of carbonyl (C=O) groups excluding carboxylic acids is 3. The van der Waals surface area contributed by atoms with Gasteiger partial charge in [-0.3, -0.25) is 33.0 Å². The lowest BCUT2D eigenvalue weighted by molar-refractivity contribution is -0.438. The van der Waals surface area contributed by atoms with Crippen molar-refractivity contribution in [3.05, 3.63) is 122 Å². The molecule has 39 heteroatoms. The van der Waals surface area contributed by atoms with Crippen molar-refractivity contribution >= 4 is 112 Å². The van der Waals surface area contributed by atoms with Crippen LogP contribution in [0.4, 0.5) is 16.2 Å². The van der Waals surface area contributed by atoms with E-state index in [0.29, 0.717) is 77.6 Å². The first-order chi connectivity index (χ1) is 49.6. The van der Waals surface area contributed by atoms with Crippen molar-refractivity contribution < 1.29 is 112 Å². The maximum Gasteiger partial charge on any atom is 0.490 e. The number of phosphoric ester groups is 1. The van der Waals surface area contributed by atoms with Gasteiger partial charge in [-0.1, -0.05) is 105 Å². The topological polar surface area (TPSA) is 415 Å². The van der Waals surface area contributed by atoms with Crippen LogP contribution in [0.5, 0.6) is 0 Å². The zero-order valence-electron chi connectivity index (χ0n) is 59.8. The van der Waals surface area contributed by atoms with Crippen LogP contribution in [0.3, 0.4) is 0 Å². The van der Waals surface area contributed by atoms with Gasteiger partial charge in [0.2, 0.25) is 11.6 Å². The predicted molar refractivity (Wildman–Crippen MR) is 402 cm³/mol. The second kappa shape index (κ2) is 42.3. The lowest BCUT2D eigenvalue weighted by Crippen LogP contribution is -2.33. The lowest BCUT2D eigenvalue weighted by Gasteiger charge is -2.25. The highest BCUT2D eigenvalue weighted by Crippen LogP contribution is 2.66. The summed E-state index contributed by atoms with van der Waals surface area (Å²) in [6, 6.07) is 13.2. The van der Waals surface area contributed by atoms with E-state index >= 15 is 0 Å². The van der Waals surface area contributed by atoms with E-state index < -0.39 is 87.4 Å². The van der Waals surface area contributed by atoms with Crippen molar-refractivity contribution in [2.75, 3.05) is 102 Å². The van der Waals surface area contributed by atoms with E-state index in [2.05, 4.69) is 109 Å². The molecule has 0 radical (unpaired) electrons. The van der Waals surface area contributed by atoms with Gasteiger partial charge in [-0.05, 0) is 103 Å². The van der Waals surface area contributed by atoms with E-state index in [1.54, 1.807) is 29.2 Å². The summed E-state index contributed by atoms with van der Waals surface area (Å²) in [5, 5.41) is 5.57. The molecule has 584 valence electrons. The number of alkyl carbamates (subject to hydrolysis) is 1. The highest BCUT2D eigenvalue weighted by molar-refractivity contribution is 8.77. The Hall–Kier alpha value is -4.90. The molecule has 0 spiro atoms. The molecule has 6 rings (SSSR count). The van der Waals surface area contributed by atoms with Crippen LogP contribution in [-0.4, -0.2) is 184 Å². The van der Waals surface area contributed by atoms with Gasteiger partial charge in [0.15, 0.2) is 5.71 Å². The molecule has 0 aliphatic carbocycles. The van der Waals surface area contributed by atoms with Gasteiger partial charge in [-0.15, -0.1) is 0 Å². The van der Waals surface area contributed by atoms with E-state index in [9.17, 15) is 60.4 Å². The number of nitrogens with one attached hydrogen (secondary N) is 3. The third kappa shape index (κ3) is 29.5. The number of anilines is 1. The molecule has 2 aromatic carbocycles. The molecule has 1 saturated heterocycles.